The van der Waals surface area contributed by atoms with E-state index in [1.165, 1.54) is 0 Å². The molecule has 3 rings (SSSR count). The number of nitrogens with zero attached hydrogens (tertiary/aromatic N) is 1. The van der Waals surface area contributed by atoms with Crippen molar-refractivity contribution in [2.24, 2.45) is 5.73 Å². The molecule has 2 atom stereocenters. The number of para-hydroxylation sites is 1. The Morgan fingerprint density at radius 1 is 1.35 bits per heavy atom. The maximum Gasteiger partial charge on any atom is 0.252 e. The van der Waals surface area contributed by atoms with Gasteiger partial charge in [-0.3, -0.25) is 4.79 Å². The van der Waals surface area contributed by atoms with Crippen molar-refractivity contribution in [3.05, 3.63) is 29.8 Å². The van der Waals surface area contributed by atoms with Crippen LogP contribution >= 0.6 is 0 Å². The van der Waals surface area contributed by atoms with Crippen molar-refractivity contribution in [1.82, 2.24) is 4.90 Å². The lowest BCUT2D eigenvalue weighted by Gasteiger charge is -2.23. The Hall–Kier alpha value is -1.59. The number of ether oxygens (including phenoxy) is 2. The van der Waals surface area contributed by atoms with E-state index < -0.39 is 0 Å². The number of benzene rings is 1. The fraction of sp³-hybridized carbons (Fsp3) is 0.533. The van der Waals surface area contributed by atoms with Crippen LogP contribution in [0.15, 0.2) is 24.3 Å². The summed E-state index contributed by atoms with van der Waals surface area (Å²) in [4.78, 5) is 14.4. The highest BCUT2D eigenvalue weighted by Gasteiger charge is 2.33. The van der Waals surface area contributed by atoms with E-state index in [1.807, 2.05) is 29.2 Å². The Morgan fingerprint density at radius 2 is 2.20 bits per heavy atom. The Kier molecular flexibility index (Phi) is 3.89. The molecule has 0 aromatic heterocycles. The maximum absolute atomic E-state index is 12.5. The van der Waals surface area contributed by atoms with Crippen molar-refractivity contribution in [3.63, 3.8) is 0 Å². The van der Waals surface area contributed by atoms with Gasteiger partial charge in [0.25, 0.3) is 5.91 Å². The lowest BCUT2D eigenvalue weighted by Crippen LogP contribution is -2.40. The highest BCUT2D eigenvalue weighted by molar-refractivity contribution is 5.81. The molecule has 1 aromatic rings. The van der Waals surface area contributed by atoms with Crippen molar-refractivity contribution in [2.45, 2.75) is 31.6 Å². The molecule has 1 amide bonds. The van der Waals surface area contributed by atoms with E-state index in [0.29, 0.717) is 26.2 Å². The van der Waals surface area contributed by atoms with Crippen molar-refractivity contribution >= 4 is 5.91 Å². The van der Waals surface area contributed by atoms with Crippen molar-refractivity contribution < 1.29 is 14.3 Å². The predicted molar refractivity (Wildman–Crippen MR) is 74.3 cm³/mol. The number of fused-ring (bicyclic) bond motifs is 1. The minimum absolute atomic E-state index is 0.0273. The van der Waals surface area contributed by atoms with Crippen LogP contribution in [-0.4, -0.2) is 42.7 Å². The third-order valence-corrected chi connectivity index (χ3v) is 3.91. The van der Waals surface area contributed by atoms with Crippen LogP contribution in [0.3, 0.4) is 0 Å². The Balaban J connectivity index is 1.70. The van der Waals surface area contributed by atoms with E-state index >= 15 is 0 Å². The van der Waals surface area contributed by atoms with E-state index in [9.17, 15) is 4.79 Å². The molecular formula is C15H20N2O3. The Bertz CT molecular complexity index is 492. The molecule has 0 aliphatic carbocycles. The first-order chi connectivity index (χ1) is 9.78. The minimum atomic E-state index is -0.339. The van der Waals surface area contributed by atoms with Gasteiger partial charge in [-0.15, -0.1) is 0 Å². The zero-order valence-corrected chi connectivity index (χ0v) is 11.5. The maximum atomic E-state index is 12.5. The van der Waals surface area contributed by atoms with Gasteiger partial charge >= 0.3 is 0 Å². The van der Waals surface area contributed by atoms with Crippen molar-refractivity contribution in [1.29, 1.82) is 0 Å². The molecule has 5 nitrogen and oxygen atoms in total. The van der Waals surface area contributed by atoms with Crippen LogP contribution in [0.1, 0.15) is 18.4 Å². The summed E-state index contributed by atoms with van der Waals surface area (Å²) in [6.07, 6.45) is 1.32. The fourth-order valence-corrected chi connectivity index (χ4v) is 2.78. The van der Waals surface area contributed by atoms with Crippen LogP contribution in [0, 0.1) is 0 Å². The molecule has 108 valence electrons. The smallest absolute Gasteiger partial charge is 0.252 e. The number of hydrogen-bond donors (Lipinski definition) is 1. The van der Waals surface area contributed by atoms with E-state index in [1.54, 1.807) is 0 Å². The van der Waals surface area contributed by atoms with E-state index in [-0.39, 0.29) is 18.1 Å². The van der Waals surface area contributed by atoms with Gasteiger partial charge in [-0.25, -0.2) is 0 Å². The highest BCUT2D eigenvalue weighted by Crippen LogP contribution is 2.25. The van der Waals surface area contributed by atoms with Gasteiger partial charge in [0.15, 0.2) is 0 Å². The molecule has 0 spiro atoms. The first-order valence-corrected chi connectivity index (χ1v) is 7.13. The van der Waals surface area contributed by atoms with Crippen LogP contribution in [-0.2, 0) is 16.1 Å². The molecule has 2 aliphatic heterocycles. The molecule has 1 aromatic carbocycles. The number of carbonyl (C=O) groups is 1. The minimum Gasteiger partial charge on any atom is -0.491 e. The van der Waals surface area contributed by atoms with Crippen LogP contribution in [0.5, 0.6) is 5.75 Å². The van der Waals surface area contributed by atoms with Gasteiger partial charge in [0.2, 0.25) is 0 Å². The average Bonchev–Trinajstić information content (AvgIpc) is 2.85. The highest BCUT2D eigenvalue weighted by atomic mass is 16.5. The third kappa shape index (κ3) is 2.64. The number of rotatable bonds is 2. The van der Waals surface area contributed by atoms with Gasteiger partial charge in [-0.2, -0.15) is 0 Å². The average molecular weight is 276 g/mol. The second kappa shape index (κ2) is 5.81. The molecule has 1 saturated heterocycles. The Morgan fingerprint density at radius 3 is 3.00 bits per heavy atom. The number of amides is 1. The van der Waals surface area contributed by atoms with E-state index in [2.05, 4.69) is 0 Å². The molecule has 1 fully saturated rings. The van der Waals surface area contributed by atoms with Crippen LogP contribution in [0.4, 0.5) is 0 Å². The summed E-state index contributed by atoms with van der Waals surface area (Å²) in [7, 11) is 0. The summed E-state index contributed by atoms with van der Waals surface area (Å²) in [5.41, 5.74) is 6.64. The predicted octanol–water partition coefficient (Wildman–Crippen LogP) is 0.914. The summed E-state index contributed by atoms with van der Waals surface area (Å²) in [5, 5.41) is 0. The lowest BCUT2D eigenvalue weighted by atomic mass is 10.1. The van der Waals surface area contributed by atoms with Crippen molar-refractivity contribution in [2.75, 3.05) is 19.7 Å². The molecule has 2 heterocycles. The zero-order valence-electron chi connectivity index (χ0n) is 11.5. The molecule has 2 aliphatic rings. The summed E-state index contributed by atoms with van der Waals surface area (Å²) in [5.74, 6) is 0.927. The van der Waals surface area contributed by atoms with Gasteiger partial charge in [0, 0.05) is 18.7 Å². The van der Waals surface area contributed by atoms with Crippen LogP contribution in [0.2, 0.25) is 0 Å². The van der Waals surface area contributed by atoms with E-state index in [4.69, 9.17) is 15.2 Å². The normalized spacial score (nSPS) is 25.8. The molecule has 2 N–H and O–H groups in total. The molecule has 0 bridgehead atoms. The molecule has 0 saturated carbocycles. The number of hydrogen-bond acceptors (Lipinski definition) is 4. The van der Waals surface area contributed by atoms with Crippen LogP contribution in [0.25, 0.3) is 0 Å². The standard InChI is InChI=1S/C15H20N2O3/c16-9-12-5-6-14(20-12)15(18)17-7-8-19-13-4-2-1-3-11(13)10-17/h1-4,12,14H,5-10,16H2. The first-order valence-electron chi connectivity index (χ1n) is 7.13. The fourth-order valence-electron chi connectivity index (χ4n) is 2.78. The van der Waals surface area contributed by atoms with E-state index in [0.717, 1.165) is 24.2 Å². The summed E-state index contributed by atoms with van der Waals surface area (Å²) >= 11 is 0. The summed E-state index contributed by atoms with van der Waals surface area (Å²) in [6, 6.07) is 7.86. The quantitative estimate of drug-likeness (QED) is 0.872. The van der Waals surface area contributed by atoms with Gasteiger partial charge in [0.05, 0.1) is 12.6 Å². The molecule has 20 heavy (non-hydrogen) atoms. The molecule has 0 radical (unpaired) electrons. The van der Waals surface area contributed by atoms with Crippen molar-refractivity contribution in [3.8, 4) is 5.75 Å². The Labute approximate surface area is 118 Å². The lowest BCUT2D eigenvalue weighted by molar-refractivity contribution is -0.143. The van der Waals surface area contributed by atoms with Gasteiger partial charge < -0.3 is 20.1 Å². The monoisotopic (exact) mass is 276 g/mol. The number of carbonyl (C=O) groups excluding carboxylic acids is 1. The summed E-state index contributed by atoms with van der Waals surface area (Å²) in [6.45, 7) is 2.19. The second-order valence-electron chi connectivity index (χ2n) is 5.28. The van der Waals surface area contributed by atoms with Gasteiger partial charge in [0.1, 0.15) is 18.5 Å². The SMILES string of the molecule is NCC1CCC(C(=O)N2CCOc3ccccc3C2)O1. The molecule has 5 heteroatoms. The first kappa shape index (κ1) is 13.4. The zero-order chi connectivity index (χ0) is 13.9. The second-order valence-corrected chi connectivity index (χ2v) is 5.28. The topological polar surface area (TPSA) is 64.8 Å². The van der Waals surface area contributed by atoms with Gasteiger partial charge in [-0.05, 0) is 18.9 Å². The molecule has 2 unspecified atom stereocenters. The third-order valence-electron chi connectivity index (χ3n) is 3.91. The summed E-state index contributed by atoms with van der Waals surface area (Å²) < 4.78 is 11.4. The number of nitrogens with two attached hydrogens (primary N) is 1. The molecular weight excluding hydrogens is 256 g/mol. The van der Waals surface area contributed by atoms with Crippen LogP contribution < -0.4 is 10.5 Å². The van der Waals surface area contributed by atoms with Gasteiger partial charge in [-0.1, -0.05) is 18.2 Å². The largest absolute Gasteiger partial charge is 0.491 e.